The zero-order chi connectivity index (χ0) is 19.3. The van der Waals surface area contributed by atoms with Crippen molar-refractivity contribution in [2.45, 2.75) is 32.7 Å². The molecule has 6 heteroatoms. The third kappa shape index (κ3) is 4.12. The van der Waals surface area contributed by atoms with Gasteiger partial charge in [-0.2, -0.15) is 5.10 Å². The topological polar surface area (TPSA) is 73.6 Å². The molecule has 1 aliphatic heterocycles. The molecule has 0 aliphatic carbocycles. The Morgan fingerprint density at radius 3 is 2.71 bits per heavy atom. The molecule has 144 valence electrons. The number of phenols is 1. The first-order valence-corrected chi connectivity index (χ1v) is 9.76. The number of hydrogen-bond acceptors (Lipinski definition) is 6. The van der Waals surface area contributed by atoms with Crippen LogP contribution in [0.5, 0.6) is 5.75 Å². The van der Waals surface area contributed by atoms with Crippen LogP contribution in [0.3, 0.4) is 0 Å². The molecule has 0 radical (unpaired) electrons. The normalized spacial score (nSPS) is 15.7. The van der Waals surface area contributed by atoms with Crippen LogP contribution in [-0.4, -0.2) is 38.8 Å². The van der Waals surface area contributed by atoms with E-state index in [2.05, 4.69) is 25.4 Å². The van der Waals surface area contributed by atoms with Crippen LogP contribution in [0, 0.1) is 0 Å². The summed E-state index contributed by atoms with van der Waals surface area (Å²) in [6.07, 6.45) is 5.50. The summed E-state index contributed by atoms with van der Waals surface area (Å²) < 4.78 is 0. The Morgan fingerprint density at radius 2 is 1.93 bits per heavy atom. The lowest BCUT2D eigenvalue weighted by Crippen LogP contribution is -2.29. The Bertz CT molecular complexity index is 981. The van der Waals surface area contributed by atoms with E-state index in [1.165, 1.54) is 19.3 Å². The lowest BCUT2D eigenvalue weighted by atomic mass is 10.1. The molecule has 3 heterocycles. The van der Waals surface area contributed by atoms with Gasteiger partial charge in [0.1, 0.15) is 17.1 Å². The number of aromatic hydroxyl groups is 1. The number of fused-ring (bicyclic) bond motifs is 1. The molecular formula is C22H25N5O. The molecule has 0 unspecified atom stereocenters. The number of hydrazone groups is 1. The number of anilines is 1. The van der Waals surface area contributed by atoms with Crippen LogP contribution in [0.25, 0.3) is 10.9 Å². The van der Waals surface area contributed by atoms with E-state index in [4.69, 9.17) is 0 Å². The van der Waals surface area contributed by atoms with Crippen LogP contribution < -0.4 is 5.43 Å². The van der Waals surface area contributed by atoms with Crippen molar-refractivity contribution < 1.29 is 5.11 Å². The van der Waals surface area contributed by atoms with Gasteiger partial charge in [0.15, 0.2) is 0 Å². The largest absolute Gasteiger partial charge is 0.505 e. The van der Waals surface area contributed by atoms with Crippen LogP contribution in [0.1, 0.15) is 37.4 Å². The monoisotopic (exact) mass is 375 g/mol. The number of phenolic OH excluding ortho intramolecular Hbond substituents is 1. The van der Waals surface area contributed by atoms with Gasteiger partial charge in [-0.05, 0) is 57.1 Å². The molecule has 0 bridgehead atoms. The van der Waals surface area contributed by atoms with Crippen molar-refractivity contribution in [3.63, 3.8) is 0 Å². The molecule has 1 aromatic carbocycles. The highest BCUT2D eigenvalue weighted by atomic mass is 16.3. The summed E-state index contributed by atoms with van der Waals surface area (Å²) >= 11 is 0. The molecule has 6 nitrogen and oxygen atoms in total. The standard InChI is InChI=1S/C22H25N5O/c1-16(19-7-3-4-12-23-19)25-26-20-11-10-17-8-9-18(22(28)21(17)24-20)15-27-13-5-2-6-14-27/h3-4,7-12,28H,2,5-6,13-15H2,1H3,(H,24,26)/b25-16+. The zero-order valence-corrected chi connectivity index (χ0v) is 16.1. The Morgan fingerprint density at radius 1 is 1.11 bits per heavy atom. The van der Waals surface area contributed by atoms with Gasteiger partial charge in [-0.3, -0.25) is 15.3 Å². The number of likely N-dealkylation sites (tertiary alicyclic amines) is 1. The minimum atomic E-state index is 0.261. The summed E-state index contributed by atoms with van der Waals surface area (Å²) in [5, 5.41) is 16.1. The number of nitrogens with zero attached hydrogens (tertiary/aromatic N) is 4. The van der Waals surface area contributed by atoms with Gasteiger partial charge in [-0.15, -0.1) is 0 Å². The molecule has 28 heavy (non-hydrogen) atoms. The highest BCUT2D eigenvalue weighted by Gasteiger charge is 2.15. The molecular weight excluding hydrogens is 350 g/mol. The Hall–Kier alpha value is -2.99. The molecule has 2 aromatic heterocycles. The van der Waals surface area contributed by atoms with Gasteiger partial charge in [-0.1, -0.05) is 24.6 Å². The molecule has 1 fully saturated rings. The predicted molar refractivity (Wildman–Crippen MR) is 113 cm³/mol. The van der Waals surface area contributed by atoms with E-state index in [1.807, 2.05) is 49.4 Å². The van der Waals surface area contributed by atoms with E-state index in [9.17, 15) is 5.11 Å². The van der Waals surface area contributed by atoms with Crippen LogP contribution in [-0.2, 0) is 6.54 Å². The second-order valence-corrected chi connectivity index (χ2v) is 7.20. The fourth-order valence-electron chi connectivity index (χ4n) is 3.54. The smallest absolute Gasteiger partial charge is 0.147 e. The average Bonchev–Trinajstić information content (AvgIpc) is 2.75. The van der Waals surface area contributed by atoms with E-state index >= 15 is 0 Å². The number of aromatic nitrogens is 2. The molecule has 0 amide bonds. The van der Waals surface area contributed by atoms with Crippen molar-refractivity contribution in [2.75, 3.05) is 18.5 Å². The summed E-state index contributed by atoms with van der Waals surface area (Å²) in [4.78, 5) is 11.3. The van der Waals surface area contributed by atoms with Gasteiger partial charge >= 0.3 is 0 Å². The molecule has 2 N–H and O–H groups in total. The Kier molecular flexibility index (Phi) is 5.48. The molecule has 1 aliphatic rings. The zero-order valence-electron chi connectivity index (χ0n) is 16.1. The van der Waals surface area contributed by atoms with Gasteiger partial charge in [-0.25, -0.2) is 4.98 Å². The first-order valence-electron chi connectivity index (χ1n) is 9.76. The fraction of sp³-hybridized carbons (Fsp3) is 0.318. The first kappa shape index (κ1) is 18.4. The van der Waals surface area contributed by atoms with Gasteiger partial charge < -0.3 is 5.11 Å². The summed E-state index contributed by atoms with van der Waals surface area (Å²) in [7, 11) is 0. The van der Waals surface area contributed by atoms with E-state index in [0.717, 1.165) is 42.0 Å². The van der Waals surface area contributed by atoms with Gasteiger partial charge in [0.2, 0.25) is 0 Å². The fourth-order valence-corrected chi connectivity index (χ4v) is 3.54. The summed E-state index contributed by atoms with van der Waals surface area (Å²) in [6.45, 7) is 4.84. The SMILES string of the molecule is C/C(=N\Nc1ccc2ccc(CN3CCCCC3)c(O)c2n1)c1ccccn1. The van der Waals surface area contributed by atoms with E-state index < -0.39 is 0 Å². The maximum Gasteiger partial charge on any atom is 0.147 e. The van der Waals surface area contributed by atoms with E-state index in [0.29, 0.717) is 11.3 Å². The number of piperidine rings is 1. The number of benzene rings is 1. The highest BCUT2D eigenvalue weighted by molar-refractivity contribution is 5.97. The van der Waals surface area contributed by atoms with Crippen molar-refractivity contribution in [3.05, 3.63) is 59.9 Å². The lowest BCUT2D eigenvalue weighted by molar-refractivity contribution is 0.218. The quantitative estimate of drug-likeness (QED) is 0.517. The third-order valence-electron chi connectivity index (χ3n) is 5.14. The third-order valence-corrected chi connectivity index (χ3v) is 5.14. The van der Waals surface area contributed by atoms with Gasteiger partial charge in [0.05, 0.1) is 11.4 Å². The minimum absolute atomic E-state index is 0.261. The van der Waals surface area contributed by atoms with Crippen LogP contribution >= 0.6 is 0 Å². The Balaban J connectivity index is 1.56. The van der Waals surface area contributed by atoms with Crippen molar-refractivity contribution >= 4 is 22.4 Å². The number of rotatable bonds is 5. The van der Waals surface area contributed by atoms with Crippen LogP contribution in [0.2, 0.25) is 0 Å². The number of nitrogens with one attached hydrogen (secondary N) is 1. The van der Waals surface area contributed by atoms with E-state index in [1.54, 1.807) is 6.20 Å². The lowest BCUT2D eigenvalue weighted by Gasteiger charge is -2.26. The summed E-state index contributed by atoms with van der Waals surface area (Å²) in [5.74, 6) is 0.852. The van der Waals surface area contributed by atoms with Gasteiger partial charge in [0, 0.05) is 23.7 Å². The van der Waals surface area contributed by atoms with Crippen molar-refractivity contribution in [1.82, 2.24) is 14.9 Å². The van der Waals surface area contributed by atoms with Crippen molar-refractivity contribution in [2.24, 2.45) is 5.10 Å². The summed E-state index contributed by atoms with van der Waals surface area (Å²) in [6, 6.07) is 13.5. The average molecular weight is 375 g/mol. The molecule has 0 saturated carbocycles. The summed E-state index contributed by atoms with van der Waals surface area (Å²) in [5.41, 5.74) is 6.08. The number of pyridine rings is 2. The van der Waals surface area contributed by atoms with E-state index in [-0.39, 0.29) is 5.75 Å². The van der Waals surface area contributed by atoms with Crippen LogP contribution in [0.15, 0.2) is 53.8 Å². The molecule has 3 aromatic rings. The predicted octanol–water partition coefficient (Wildman–Crippen LogP) is 4.16. The highest BCUT2D eigenvalue weighted by Crippen LogP contribution is 2.30. The molecule has 1 saturated heterocycles. The second-order valence-electron chi connectivity index (χ2n) is 7.20. The number of hydrogen-bond donors (Lipinski definition) is 2. The Labute approximate surface area is 164 Å². The molecule has 0 spiro atoms. The van der Waals surface area contributed by atoms with Crippen LogP contribution in [0.4, 0.5) is 5.82 Å². The minimum Gasteiger partial charge on any atom is -0.505 e. The van der Waals surface area contributed by atoms with Crippen molar-refractivity contribution in [3.8, 4) is 5.75 Å². The maximum absolute atomic E-state index is 10.8. The van der Waals surface area contributed by atoms with Gasteiger partial charge in [0.25, 0.3) is 0 Å². The molecule has 0 atom stereocenters. The van der Waals surface area contributed by atoms with Crippen molar-refractivity contribution in [1.29, 1.82) is 0 Å². The maximum atomic E-state index is 10.8. The first-order chi connectivity index (χ1) is 13.7. The second kappa shape index (κ2) is 8.35. The molecule has 4 rings (SSSR count).